The maximum Gasteiger partial charge on any atom is 0.191 e. The van der Waals surface area contributed by atoms with E-state index < -0.39 is 0 Å². The molecule has 26 heavy (non-hydrogen) atoms. The first kappa shape index (κ1) is 16.6. The molecule has 2 aromatic heterocycles. The Balaban J connectivity index is 1.46. The molecule has 0 unspecified atom stereocenters. The maximum atomic E-state index is 12.5. The van der Waals surface area contributed by atoms with Crippen molar-refractivity contribution < 1.29 is 14.3 Å². The van der Waals surface area contributed by atoms with Crippen molar-refractivity contribution in [3.8, 4) is 22.9 Å². The molecule has 0 amide bonds. The lowest BCUT2D eigenvalue weighted by molar-refractivity contribution is 0.102. The predicted octanol–water partition coefficient (Wildman–Crippen LogP) is 2.62. The van der Waals surface area contributed by atoms with Gasteiger partial charge in [-0.05, 0) is 30.3 Å². The molecular formula is C18H16N4O3S. The average Bonchev–Trinajstić information content (AvgIpc) is 3.07. The van der Waals surface area contributed by atoms with Crippen LogP contribution in [-0.4, -0.2) is 44.5 Å². The van der Waals surface area contributed by atoms with Gasteiger partial charge in [0.15, 0.2) is 28.3 Å². The molecule has 0 spiro atoms. The summed E-state index contributed by atoms with van der Waals surface area (Å²) in [7, 11) is 1.88. The van der Waals surface area contributed by atoms with Crippen LogP contribution in [0.1, 0.15) is 10.4 Å². The smallest absolute Gasteiger partial charge is 0.191 e. The van der Waals surface area contributed by atoms with Gasteiger partial charge in [-0.1, -0.05) is 11.8 Å². The van der Waals surface area contributed by atoms with Crippen LogP contribution >= 0.6 is 11.8 Å². The van der Waals surface area contributed by atoms with Crippen molar-refractivity contribution in [2.45, 2.75) is 5.16 Å². The zero-order chi connectivity index (χ0) is 17.9. The number of ether oxygens (including phenoxy) is 2. The fourth-order valence-corrected chi connectivity index (χ4v) is 3.43. The highest BCUT2D eigenvalue weighted by atomic mass is 32.2. The minimum absolute atomic E-state index is 0.000402. The first-order chi connectivity index (χ1) is 12.7. The van der Waals surface area contributed by atoms with Crippen molar-refractivity contribution >= 4 is 17.5 Å². The minimum Gasteiger partial charge on any atom is -0.486 e. The van der Waals surface area contributed by atoms with E-state index in [1.54, 1.807) is 30.6 Å². The van der Waals surface area contributed by atoms with E-state index in [0.29, 0.717) is 35.4 Å². The standard InChI is InChI=1S/C18H16N4O3S/c1-22-17(12-4-6-19-7-5-12)20-21-18(22)26-11-14(23)13-2-3-15-16(10-13)25-9-8-24-15/h2-7,10H,8-9,11H2,1H3. The number of pyridine rings is 1. The van der Waals surface area contributed by atoms with Gasteiger partial charge in [-0.3, -0.25) is 9.78 Å². The fraction of sp³-hybridized carbons (Fsp3) is 0.222. The molecule has 1 aromatic carbocycles. The lowest BCUT2D eigenvalue weighted by Crippen LogP contribution is -2.16. The molecule has 0 bridgehead atoms. The highest BCUT2D eigenvalue weighted by Crippen LogP contribution is 2.31. The number of hydrogen-bond acceptors (Lipinski definition) is 7. The molecule has 3 aromatic rings. The van der Waals surface area contributed by atoms with Crippen LogP contribution in [0.25, 0.3) is 11.4 Å². The number of carbonyl (C=O) groups excluding carboxylic acids is 1. The summed E-state index contributed by atoms with van der Waals surface area (Å²) in [5, 5.41) is 9.08. The number of carbonyl (C=O) groups is 1. The van der Waals surface area contributed by atoms with Crippen molar-refractivity contribution in [3.05, 3.63) is 48.3 Å². The Morgan fingerprint density at radius 1 is 1.12 bits per heavy atom. The minimum atomic E-state index is 0.000402. The molecule has 0 fully saturated rings. The number of aromatic nitrogens is 4. The normalized spacial score (nSPS) is 12.8. The van der Waals surface area contributed by atoms with Gasteiger partial charge in [0, 0.05) is 30.6 Å². The Morgan fingerprint density at radius 2 is 1.88 bits per heavy atom. The summed E-state index contributed by atoms with van der Waals surface area (Å²) in [4.78, 5) is 16.5. The molecule has 0 saturated carbocycles. The van der Waals surface area contributed by atoms with Crippen molar-refractivity contribution in [2.24, 2.45) is 7.05 Å². The van der Waals surface area contributed by atoms with Crippen molar-refractivity contribution in [3.63, 3.8) is 0 Å². The molecule has 1 aliphatic rings. The zero-order valence-corrected chi connectivity index (χ0v) is 14.9. The predicted molar refractivity (Wildman–Crippen MR) is 96.7 cm³/mol. The number of ketones is 1. The number of thioether (sulfide) groups is 1. The Hall–Kier alpha value is -2.87. The maximum absolute atomic E-state index is 12.5. The van der Waals surface area contributed by atoms with E-state index in [9.17, 15) is 4.79 Å². The first-order valence-electron chi connectivity index (χ1n) is 8.08. The monoisotopic (exact) mass is 368 g/mol. The van der Waals surface area contributed by atoms with Gasteiger partial charge in [0.1, 0.15) is 13.2 Å². The largest absolute Gasteiger partial charge is 0.486 e. The SMILES string of the molecule is Cn1c(SCC(=O)c2ccc3c(c2)OCCO3)nnc1-c1ccncc1. The van der Waals surface area contributed by atoms with Gasteiger partial charge >= 0.3 is 0 Å². The van der Waals surface area contributed by atoms with Crippen LogP contribution in [0, 0.1) is 0 Å². The third-order valence-corrected chi connectivity index (χ3v) is 4.99. The zero-order valence-electron chi connectivity index (χ0n) is 14.1. The fourth-order valence-electron chi connectivity index (χ4n) is 2.62. The van der Waals surface area contributed by atoms with Gasteiger partial charge in [0.05, 0.1) is 5.75 Å². The Bertz CT molecular complexity index is 943. The molecule has 0 radical (unpaired) electrons. The molecule has 8 heteroatoms. The molecule has 7 nitrogen and oxygen atoms in total. The molecule has 0 N–H and O–H groups in total. The summed E-state index contributed by atoms with van der Waals surface area (Å²) in [5.41, 5.74) is 1.53. The van der Waals surface area contributed by atoms with Crippen LogP contribution in [0.15, 0.2) is 47.9 Å². The molecular weight excluding hydrogens is 352 g/mol. The van der Waals surface area contributed by atoms with Gasteiger partial charge < -0.3 is 14.0 Å². The van der Waals surface area contributed by atoms with E-state index in [-0.39, 0.29) is 11.5 Å². The van der Waals surface area contributed by atoms with Crippen LogP contribution in [0.2, 0.25) is 0 Å². The second-order valence-corrected chi connectivity index (χ2v) is 6.61. The van der Waals surface area contributed by atoms with Crippen LogP contribution in [-0.2, 0) is 7.05 Å². The topological polar surface area (TPSA) is 79.1 Å². The average molecular weight is 368 g/mol. The summed E-state index contributed by atoms with van der Waals surface area (Å²) in [6.45, 7) is 1.03. The third-order valence-electron chi connectivity index (χ3n) is 3.97. The van der Waals surface area contributed by atoms with E-state index in [0.717, 1.165) is 11.4 Å². The molecule has 132 valence electrons. The summed E-state index contributed by atoms with van der Waals surface area (Å²) >= 11 is 1.35. The summed E-state index contributed by atoms with van der Waals surface area (Å²) in [6.07, 6.45) is 3.42. The Labute approximate surface area is 154 Å². The quantitative estimate of drug-likeness (QED) is 0.506. The van der Waals surface area contributed by atoms with Crippen LogP contribution in [0.3, 0.4) is 0 Å². The molecule has 0 aliphatic carbocycles. The molecule has 3 heterocycles. The van der Waals surface area contributed by atoms with Crippen molar-refractivity contribution in [2.75, 3.05) is 19.0 Å². The van der Waals surface area contributed by atoms with E-state index >= 15 is 0 Å². The third kappa shape index (κ3) is 3.28. The number of benzene rings is 1. The van der Waals surface area contributed by atoms with Crippen molar-refractivity contribution in [1.29, 1.82) is 0 Å². The number of hydrogen-bond donors (Lipinski definition) is 0. The molecule has 0 saturated heterocycles. The summed E-state index contributed by atoms with van der Waals surface area (Å²) in [6, 6.07) is 9.01. The number of rotatable bonds is 5. The van der Waals surface area contributed by atoms with E-state index in [1.807, 2.05) is 23.7 Å². The van der Waals surface area contributed by atoms with E-state index in [4.69, 9.17) is 9.47 Å². The van der Waals surface area contributed by atoms with Crippen LogP contribution in [0.4, 0.5) is 0 Å². The number of Topliss-reactive ketones (excluding diaryl/α,β-unsaturated/α-hetero) is 1. The second-order valence-electron chi connectivity index (χ2n) is 5.67. The van der Waals surface area contributed by atoms with Gasteiger partial charge in [0.2, 0.25) is 0 Å². The first-order valence-corrected chi connectivity index (χ1v) is 9.06. The number of nitrogens with zero attached hydrogens (tertiary/aromatic N) is 4. The van der Waals surface area contributed by atoms with Gasteiger partial charge in [-0.25, -0.2) is 0 Å². The lowest BCUT2D eigenvalue weighted by Gasteiger charge is -2.18. The summed E-state index contributed by atoms with van der Waals surface area (Å²) < 4.78 is 12.9. The highest BCUT2D eigenvalue weighted by Gasteiger charge is 2.17. The molecule has 4 rings (SSSR count). The lowest BCUT2D eigenvalue weighted by atomic mass is 10.1. The number of fused-ring (bicyclic) bond motifs is 1. The van der Waals surface area contributed by atoms with Crippen LogP contribution < -0.4 is 9.47 Å². The van der Waals surface area contributed by atoms with E-state index in [1.165, 1.54) is 11.8 Å². The Kier molecular flexibility index (Phi) is 4.57. The highest BCUT2D eigenvalue weighted by molar-refractivity contribution is 7.99. The Morgan fingerprint density at radius 3 is 2.69 bits per heavy atom. The molecule has 1 aliphatic heterocycles. The van der Waals surface area contributed by atoms with Crippen molar-refractivity contribution in [1.82, 2.24) is 19.7 Å². The van der Waals surface area contributed by atoms with Crippen LogP contribution in [0.5, 0.6) is 11.5 Å². The molecule has 0 atom stereocenters. The van der Waals surface area contributed by atoms with Gasteiger partial charge in [0.25, 0.3) is 0 Å². The van der Waals surface area contributed by atoms with Gasteiger partial charge in [-0.2, -0.15) is 0 Å². The van der Waals surface area contributed by atoms with Gasteiger partial charge in [-0.15, -0.1) is 10.2 Å². The summed E-state index contributed by atoms with van der Waals surface area (Å²) in [5.74, 6) is 2.30. The van der Waals surface area contributed by atoms with E-state index in [2.05, 4.69) is 15.2 Å². The second kappa shape index (κ2) is 7.17.